The minimum Gasteiger partial charge on any atom is -0.301 e. The molecular formula is C13H26N2. The Morgan fingerprint density at radius 1 is 1.07 bits per heavy atom. The molecule has 15 heavy (non-hydrogen) atoms. The van der Waals surface area contributed by atoms with E-state index in [-0.39, 0.29) is 0 Å². The minimum atomic E-state index is 0.735. The first-order valence-electron chi connectivity index (χ1n) is 6.72. The van der Waals surface area contributed by atoms with Crippen molar-refractivity contribution in [1.29, 1.82) is 0 Å². The van der Waals surface area contributed by atoms with Gasteiger partial charge in [0.1, 0.15) is 0 Å². The second kappa shape index (κ2) is 5.31. The van der Waals surface area contributed by atoms with E-state index in [1.54, 1.807) is 0 Å². The van der Waals surface area contributed by atoms with Crippen LogP contribution in [0.2, 0.25) is 0 Å². The summed E-state index contributed by atoms with van der Waals surface area (Å²) in [7, 11) is 0. The van der Waals surface area contributed by atoms with E-state index in [1.807, 2.05) is 0 Å². The summed E-state index contributed by atoms with van der Waals surface area (Å²) < 4.78 is 0. The third-order valence-corrected chi connectivity index (χ3v) is 4.22. The topological polar surface area (TPSA) is 6.48 Å². The van der Waals surface area contributed by atoms with Gasteiger partial charge in [0, 0.05) is 32.2 Å². The van der Waals surface area contributed by atoms with Crippen LogP contribution in [0.15, 0.2) is 0 Å². The Morgan fingerprint density at radius 2 is 1.73 bits per heavy atom. The Balaban J connectivity index is 1.60. The second-order valence-electron chi connectivity index (χ2n) is 5.56. The second-order valence-corrected chi connectivity index (χ2v) is 5.56. The third kappa shape index (κ3) is 3.18. The number of nitrogens with zero attached hydrogens (tertiary/aromatic N) is 2. The molecule has 0 radical (unpaired) electrons. The molecule has 2 heteroatoms. The monoisotopic (exact) mass is 210 g/mol. The normalized spacial score (nSPS) is 25.8. The van der Waals surface area contributed by atoms with Gasteiger partial charge in [0.2, 0.25) is 0 Å². The van der Waals surface area contributed by atoms with Gasteiger partial charge in [-0.05, 0) is 32.7 Å². The van der Waals surface area contributed by atoms with Crippen LogP contribution in [-0.4, -0.2) is 48.6 Å². The van der Waals surface area contributed by atoms with Gasteiger partial charge in [-0.15, -0.1) is 0 Å². The zero-order valence-electron chi connectivity index (χ0n) is 10.4. The van der Waals surface area contributed by atoms with E-state index in [2.05, 4.69) is 23.6 Å². The molecule has 0 aromatic heterocycles. The van der Waals surface area contributed by atoms with E-state index in [1.165, 1.54) is 58.4 Å². The van der Waals surface area contributed by atoms with Crippen molar-refractivity contribution in [3.05, 3.63) is 0 Å². The van der Waals surface area contributed by atoms with Crippen molar-refractivity contribution in [2.45, 2.75) is 45.6 Å². The first-order chi connectivity index (χ1) is 7.25. The molecule has 1 aliphatic carbocycles. The third-order valence-electron chi connectivity index (χ3n) is 4.22. The molecule has 2 fully saturated rings. The molecule has 1 saturated heterocycles. The van der Waals surface area contributed by atoms with E-state index < -0.39 is 0 Å². The zero-order valence-corrected chi connectivity index (χ0v) is 10.4. The van der Waals surface area contributed by atoms with E-state index in [4.69, 9.17) is 0 Å². The van der Waals surface area contributed by atoms with Crippen LogP contribution in [0.5, 0.6) is 0 Å². The van der Waals surface area contributed by atoms with Gasteiger partial charge in [-0.2, -0.15) is 0 Å². The molecule has 0 aromatic rings. The van der Waals surface area contributed by atoms with Crippen LogP contribution < -0.4 is 0 Å². The van der Waals surface area contributed by atoms with Gasteiger partial charge in [0.15, 0.2) is 0 Å². The largest absolute Gasteiger partial charge is 0.301 e. The highest BCUT2D eigenvalue weighted by Gasteiger charge is 2.21. The van der Waals surface area contributed by atoms with Crippen molar-refractivity contribution in [3.8, 4) is 0 Å². The average molecular weight is 210 g/mol. The smallest absolute Gasteiger partial charge is 0.0113 e. The molecule has 88 valence electrons. The summed E-state index contributed by atoms with van der Waals surface area (Å²) in [5, 5.41) is 0. The fourth-order valence-electron chi connectivity index (χ4n) is 2.65. The highest BCUT2D eigenvalue weighted by atomic mass is 15.3. The molecule has 2 nitrogen and oxygen atoms in total. The lowest BCUT2D eigenvalue weighted by molar-refractivity contribution is 0.0995. The predicted octanol–water partition coefficient (Wildman–Crippen LogP) is 2.20. The average Bonchev–Trinajstić information content (AvgIpc) is 2.16. The lowest BCUT2D eigenvalue weighted by Crippen LogP contribution is -2.49. The van der Waals surface area contributed by atoms with Crippen molar-refractivity contribution >= 4 is 0 Å². The molecule has 1 aliphatic heterocycles. The predicted molar refractivity (Wildman–Crippen MR) is 65.1 cm³/mol. The minimum absolute atomic E-state index is 0.735. The van der Waals surface area contributed by atoms with Crippen LogP contribution in [-0.2, 0) is 0 Å². The van der Waals surface area contributed by atoms with Gasteiger partial charge < -0.3 is 4.90 Å². The van der Waals surface area contributed by atoms with E-state index in [0.29, 0.717) is 0 Å². The van der Waals surface area contributed by atoms with E-state index >= 15 is 0 Å². The van der Waals surface area contributed by atoms with Gasteiger partial charge in [0.25, 0.3) is 0 Å². The first-order valence-corrected chi connectivity index (χ1v) is 6.72. The maximum atomic E-state index is 2.66. The quantitative estimate of drug-likeness (QED) is 0.702. The van der Waals surface area contributed by atoms with Crippen molar-refractivity contribution < 1.29 is 0 Å². The maximum absolute atomic E-state index is 2.66. The number of piperazine rings is 1. The Bertz CT molecular complexity index is 179. The standard InChI is InChI=1S/C13H26N2/c1-12(2)15-10-8-14(9-11-15)7-6-13-4-3-5-13/h12-13H,3-11H2,1-2H3. The molecule has 0 N–H and O–H groups in total. The summed E-state index contributed by atoms with van der Waals surface area (Å²) in [5.74, 6) is 1.08. The Kier molecular flexibility index (Phi) is 4.04. The molecule has 0 amide bonds. The molecule has 2 aliphatic rings. The molecule has 1 saturated carbocycles. The number of hydrogen-bond acceptors (Lipinski definition) is 2. The van der Waals surface area contributed by atoms with Crippen molar-refractivity contribution in [3.63, 3.8) is 0 Å². The summed E-state index contributed by atoms with van der Waals surface area (Å²) in [6.45, 7) is 11.1. The van der Waals surface area contributed by atoms with Crippen LogP contribution in [0.25, 0.3) is 0 Å². The lowest BCUT2D eigenvalue weighted by atomic mass is 9.83. The summed E-state index contributed by atoms with van der Waals surface area (Å²) in [6, 6.07) is 0.735. The molecule has 0 aromatic carbocycles. The van der Waals surface area contributed by atoms with Crippen LogP contribution >= 0.6 is 0 Å². The summed E-state index contributed by atoms with van der Waals surface area (Å²) in [5.41, 5.74) is 0. The summed E-state index contributed by atoms with van der Waals surface area (Å²) >= 11 is 0. The van der Waals surface area contributed by atoms with Crippen molar-refractivity contribution in [2.24, 2.45) is 5.92 Å². The highest BCUT2D eigenvalue weighted by molar-refractivity contribution is 4.76. The Hall–Kier alpha value is -0.0800. The van der Waals surface area contributed by atoms with E-state index in [0.717, 1.165) is 12.0 Å². The van der Waals surface area contributed by atoms with Gasteiger partial charge in [-0.25, -0.2) is 0 Å². The van der Waals surface area contributed by atoms with Crippen molar-refractivity contribution in [2.75, 3.05) is 32.7 Å². The van der Waals surface area contributed by atoms with Crippen LogP contribution in [0.3, 0.4) is 0 Å². The SMILES string of the molecule is CC(C)N1CCN(CCC2CCC2)CC1. The Morgan fingerprint density at radius 3 is 2.20 bits per heavy atom. The van der Waals surface area contributed by atoms with Crippen LogP contribution in [0.4, 0.5) is 0 Å². The van der Waals surface area contributed by atoms with Crippen LogP contribution in [0, 0.1) is 5.92 Å². The Labute approximate surface area is 94.6 Å². The number of rotatable bonds is 4. The fourth-order valence-corrected chi connectivity index (χ4v) is 2.65. The summed E-state index contributed by atoms with van der Waals surface area (Å²) in [6.07, 6.45) is 5.96. The highest BCUT2D eigenvalue weighted by Crippen LogP contribution is 2.29. The fraction of sp³-hybridized carbons (Fsp3) is 1.00. The maximum Gasteiger partial charge on any atom is 0.0113 e. The zero-order chi connectivity index (χ0) is 10.7. The molecule has 0 spiro atoms. The summed E-state index contributed by atoms with van der Waals surface area (Å²) in [4.78, 5) is 5.26. The van der Waals surface area contributed by atoms with Gasteiger partial charge in [0.05, 0.1) is 0 Å². The molecule has 2 rings (SSSR count). The molecule has 1 heterocycles. The molecule has 0 atom stereocenters. The first kappa shape index (κ1) is 11.4. The van der Waals surface area contributed by atoms with Crippen LogP contribution in [0.1, 0.15) is 39.5 Å². The lowest BCUT2D eigenvalue weighted by Gasteiger charge is -2.38. The van der Waals surface area contributed by atoms with E-state index in [9.17, 15) is 0 Å². The molecular weight excluding hydrogens is 184 g/mol. The van der Waals surface area contributed by atoms with Gasteiger partial charge in [-0.1, -0.05) is 19.3 Å². The molecule has 0 bridgehead atoms. The van der Waals surface area contributed by atoms with Gasteiger partial charge >= 0.3 is 0 Å². The van der Waals surface area contributed by atoms with Gasteiger partial charge in [-0.3, -0.25) is 4.90 Å². The molecule has 0 unspecified atom stereocenters. The van der Waals surface area contributed by atoms with Crippen molar-refractivity contribution in [1.82, 2.24) is 9.80 Å². The number of hydrogen-bond donors (Lipinski definition) is 0.